The van der Waals surface area contributed by atoms with Crippen LogP contribution in [0.15, 0.2) is 23.2 Å². The molecule has 17 heavy (non-hydrogen) atoms. The number of thioether (sulfide) groups is 1. The second-order valence-corrected chi connectivity index (χ2v) is 5.38. The van der Waals surface area contributed by atoms with E-state index in [1.54, 1.807) is 11.8 Å². The highest BCUT2D eigenvalue weighted by molar-refractivity contribution is 7.99. The van der Waals surface area contributed by atoms with Crippen LogP contribution in [0.5, 0.6) is 0 Å². The van der Waals surface area contributed by atoms with E-state index in [1.807, 2.05) is 25.3 Å². The molecule has 4 heteroatoms. The summed E-state index contributed by atoms with van der Waals surface area (Å²) in [4.78, 5) is 5.43. The summed E-state index contributed by atoms with van der Waals surface area (Å²) in [5.74, 6) is 0.997. The van der Waals surface area contributed by atoms with E-state index in [0.29, 0.717) is 12.5 Å². The van der Waals surface area contributed by atoms with Crippen LogP contribution < -0.4 is 0 Å². The van der Waals surface area contributed by atoms with E-state index in [4.69, 9.17) is 4.74 Å². The lowest BCUT2D eigenvalue weighted by atomic mass is 10.2. The molecule has 2 atom stereocenters. The highest BCUT2D eigenvalue weighted by Gasteiger charge is 2.15. The third-order valence-electron chi connectivity index (χ3n) is 2.95. The lowest BCUT2D eigenvalue weighted by molar-refractivity contribution is 0.129. The van der Waals surface area contributed by atoms with Gasteiger partial charge in [-0.05, 0) is 31.4 Å². The molecule has 0 saturated carbocycles. The van der Waals surface area contributed by atoms with Crippen LogP contribution in [0.2, 0.25) is 0 Å². The van der Waals surface area contributed by atoms with Gasteiger partial charge in [-0.25, -0.2) is 0 Å². The minimum absolute atomic E-state index is 0.404. The molecule has 0 spiro atoms. The summed E-state index contributed by atoms with van der Waals surface area (Å²) >= 11 is 1.78. The number of aromatic nitrogens is 1. The summed E-state index contributed by atoms with van der Waals surface area (Å²) in [5.41, 5.74) is 0.758. The first-order valence-corrected chi connectivity index (χ1v) is 7.16. The van der Waals surface area contributed by atoms with E-state index in [1.165, 1.54) is 12.8 Å². The molecular formula is C13H19NO2S. The normalized spacial score (nSPS) is 21.6. The number of ether oxygens (including phenoxy) is 1. The Labute approximate surface area is 107 Å². The molecule has 2 heterocycles. The summed E-state index contributed by atoms with van der Waals surface area (Å²) in [7, 11) is 0. The fourth-order valence-electron chi connectivity index (χ4n) is 1.85. The van der Waals surface area contributed by atoms with Gasteiger partial charge in [0.25, 0.3) is 0 Å². The molecule has 2 rings (SSSR count). The largest absolute Gasteiger partial charge is 0.387 e. The van der Waals surface area contributed by atoms with Crippen LogP contribution in [0.3, 0.4) is 0 Å². The van der Waals surface area contributed by atoms with Gasteiger partial charge in [0.2, 0.25) is 0 Å². The monoisotopic (exact) mass is 253 g/mol. The summed E-state index contributed by atoms with van der Waals surface area (Å²) in [6.07, 6.45) is 4.87. The Morgan fingerprint density at radius 1 is 1.59 bits per heavy atom. The van der Waals surface area contributed by atoms with E-state index in [9.17, 15) is 5.11 Å². The number of pyridine rings is 1. The molecule has 1 aliphatic rings. The molecular weight excluding hydrogens is 234 g/mol. The zero-order valence-electron chi connectivity index (χ0n) is 10.1. The maximum absolute atomic E-state index is 9.63. The van der Waals surface area contributed by atoms with E-state index in [2.05, 4.69) is 4.98 Å². The third kappa shape index (κ3) is 3.69. The first-order valence-electron chi connectivity index (χ1n) is 6.18. The number of aliphatic hydroxyl groups is 1. The summed E-state index contributed by atoms with van der Waals surface area (Å²) < 4.78 is 5.57. The van der Waals surface area contributed by atoms with Crippen molar-refractivity contribution < 1.29 is 9.84 Å². The number of hydrogen-bond donors (Lipinski definition) is 1. The highest BCUT2D eigenvalue weighted by Crippen LogP contribution is 2.24. The second kappa shape index (κ2) is 6.38. The van der Waals surface area contributed by atoms with Gasteiger partial charge in [0.15, 0.2) is 0 Å². The first-order chi connectivity index (χ1) is 8.29. The van der Waals surface area contributed by atoms with Crippen molar-refractivity contribution in [1.82, 2.24) is 4.98 Å². The smallest absolute Gasteiger partial charge is 0.0957 e. The molecule has 1 aliphatic heterocycles. The first kappa shape index (κ1) is 12.9. The van der Waals surface area contributed by atoms with Gasteiger partial charge in [-0.3, -0.25) is 4.98 Å². The Hall–Kier alpha value is -0.580. The minimum atomic E-state index is -0.438. The van der Waals surface area contributed by atoms with Crippen molar-refractivity contribution in [3.8, 4) is 0 Å². The fraction of sp³-hybridized carbons (Fsp3) is 0.615. The summed E-state index contributed by atoms with van der Waals surface area (Å²) in [6.45, 7) is 2.86. The Balaban J connectivity index is 1.84. The molecule has 0 bridgehead atoms. The van der Waals surface area contributed by atoms with E-state index >= 15 is 0 Å². The molecule has 1 unspecified atom stereocenters. The van der Waals surface area contributed by atoms with Gasteiger partial charge in [-0.2, -0.15) is 0 Å². The molecule has 1 aromatic heterocycles. The maximum atomic E-state index is 9.63. The maximum Gasteiger partial charge on any atom is 0.0957 e. The average molecular weight is 253 g/mol. The Morgan fingerprint density at radius 2 is 2.47 bits per heavy atom. The Kier molecular flexibility index (Phi) is 4.83. The zero-order chi connectivity index (χ0) is 12.1. The van der Waals surface area contributed by atoms with Crippen LogP contribution in [0.25, 0.3) is 0 Å². The average Bonchev–Trinajstić information content (AvgIpc) is 2.89. The fourth-order valence-corrected chi connectivity index (χ4v) is 2.78. The van der Waals surface area contributed by atoms with Crippen molar-refractivity contribution in [1.29, 1.82) is 0 Å². The predicted molar refractivity (Wildman–Crippen MR) is 69.2 cm³/mol. The topological polar surface area (TPSA) is 42.4 Å². The van der Waals surface area contributed by atoms with Gasteiger partial charge in [-0.1, -0.05) is 6.92 Å². The number of nitrogens with zero attached hydrogens (tertiary/aromatic N) is 1. The molecule has 0 radical (unpaired) electrons. The van der Waals surface area contributed by atoms with E-state index in [0.717, 1.165) is 22.9 Å². The molecule has 1 N–H and O–H groups in total. The van der Waals surface area contributed by atoms with Gasteiger partial charge in [-0.15, -0.1) is 11.8 Å². The van der Waals surface area contributed by atoms with Crippen molar-refractivity contribution in [2.75, 3.05) is 12.4 Å². The molecule has 94 valence electrons. The molecule has 0 aliphatic carbocycles. The third-order valence-corrected chi connectivity index (χ3v) is 4.06. The van der Waals surface area contributed by atoms with Crippen molar-refractivity contribution in [3.05, 3.63) is 24.0 Å². The second-order valence-electron chi connectivity index (χ2n) is 4.29. The molecule has 1 fully saturated rings. The van der Waals surface area contributed by atoms with Crippen molar-refractivity contribution >= 4 is 11.8 Å². The van der Waals surface area contributed by atoms with E-state index < -0.39 is 6.10 Å². The predicted octanol–water partition coefficient (Wildman–Crippen LogP) is 2.80. The van der Waals surface area contributed by atoms with Crippen molar-refractivity contribution in [3.63, 3.8) is 0 Å². The van der Waals surface area contributed by atoms with Gasteiger partial charge < -0.3 is 9.84 Å². The van der Waals surface area contributed by atoms with Gasteiger partial charge >= 0.3 is 0 Å². The van der Waals surface area contributed by atoms with Crippen LogP contribution in [-0.2, 0) is 4.74 Å². The summed E-state index contributed by atoms with van der Waals surface area (Å²) in [5, 5.41) is 9.63. The van der Waals surface area contributed by atoms with Crippen LogP contribution >= 0.6 is 11.8 Å². The molecule has 0 amide bonds. The Morgan fingerprint density at radius 3 is 3.06 bits per heavy atom. The Bertz CT molecular complexity index is 336. The van der Waals surface area contributed by atoms with Gasteiger partial charge in [0.1, 0.15) is 0 Å². The van der Waals surface area contributed by atoms with Crippen LogP contribution in [0, 0.1) is 0 Å². The van der Waals surface area contributed by atoms with Crippen LogP contribution in [0.4, 0.5) is 0 Å². The molecule has 1 aromatic rings. The van der Waals surface area contributed by atoms with E-state index in [-0.39, 0.29) is 0 Å². The van der Waals surface area contributed by atoms with Crippen LogP contribution in [-0.4, -0.2) is 28.6 Å². The number of rotatable bonds is 5. The lowest BCUT2D eigenvalue weighted by Crippen LogP contribution is -2.07. The molecule has 1 saturated heterocycles. The zero-order valence-corrected chi connectivity index (χ0v) is 10.9. The summed E-state index contributed by atoms with van der Waals surface area (Å²) in [6, 6.07) is 3.94. The quantitative estimate of drug-likeness (QED) is 0.819. The highest BCUT2D eigenvalue weighted by atomic mass is 32.2. The van der Waals surface area contributed by atoms with Crippen molar-refractivity contribution in [2.24, 2.45) is 0 Å². The van der Waals surface area contributed by atoms with Gasteiger partial charge in [0.05, 0.1) is 17.9 Å². The number of hydrogen-bond acceptors (Lipinski definition) is 4. The molecule has 3 nitrogen and oxygen atoms in total. The SMILES string of the molecule is CC[C@H](O)c1ccc(SCC2CCCO2)cn1. The standard InChI is InChI=1S/C13H19NO2S/c1-2-13(15)12-6-5-11(8-14-12)17-9-10-4-3-7-16-10/h5-6,8,10,13,15H,2-4,7,9H2,1H3/t10?,13-/m0/s1. The van der Waals surface area contributed by atoms with Crippen molar-refractivity contribution in [2.45, 2.75) is 43.3 Å². The molecule has 0 aromatic carbocycles. The minimum Gasteiger partial charge on any atom is -0.387 e. The lowest BCUT2D eigenvalue weighted by Gasteiger charge is -2.10. The van der Waals surface area contributed by atoms with Crippen LogP contribution in [0.1, 0.15) is 38.0 Å². The van der Waals surface area contributed by atoms with Gasteiger partial charge in [0, 0.05) is 23.5 Å². The number of aliphatic hydroxyl groups excluding tert-OH is 1.